The fourth-order valence-electron chi connectivity index (χ4n) is 7.37. The van der Waals surface area contributed by atoms with Crippen LogP contribution in [0, 0.1) is 10.8 Å². The lowest BCUT2D eigenvalue weighted by molar-refractivity contribution is 0.207. The van der Waals surface area contributed by atoms with Crippen LogP contribution in [-0.2, 0) is 23.6 Å². The molecule has 2 aliphatic carbocycles. The molecule has 2 heterocycles. The van der Waals surface area contributed by atoms with Gasteiger partial charge in [0.05, 0.1) is 9.49 Å². The molecule has 0 amide bonds. The van der Waals surface area contributed by atoms with Crippen LogP contribution in [0.4, 0.5) is 0 Å². The number of fused-ring (bicyclic) bond motifs is 5. The van der Waals surface area contributed by atoms with Crippen LogP contribution in [0.2, 0.25) is 0 Å². The van der Waals surface area contributed by atoms with Gasteiger partial charge in [-0.25, -0.2) is 0 Å². The first kappa shape index (κ1) is 17.2. The fraction of sp³-hybridized carbons (Fsp3) is 0.462. The number of hydrogen-bond donors (Lipinski definition) is 0. The Bertz CT molecular complexity index is 931. The maximum atomic E-state index is 14.2. The summed E-state index contributed by atoms with van der Waals surface area (Å²) in [5, 5.41) is 0. The number of hydrogen-bond acceptors (Lipinski definition) is 1. The minimum Gasteiger partial charge on any atom is -0.258 e. The second kappa shape index (κ2) is 5.27. The zero-order valence-corrected chi connectivity index (χ0v) is 17.6. The molecule has 2 spiro atoms. The van der Waals surface area contributed by atoms with Gasteiger partial charge in [0.25, 0.3) is 0 Å². The van der Waals surface area contributed by atoms with Crippen LogP contribution in [0.3, 0.4) is 0 Å². The van der Waals surface area contributed by atoms with Crippen LogP contribution in [-0.4, -0.2) is 13.7 Å². The molecule has 0 aromatic heterocycles. The Labute approximate surface area is 170 Å². The summed E-state index contributed by atoms with van der Waals surface area (Å²) in [5.74, 6) is 0. The second-order valence-corrected chi connectivity index (χ2v) is 12.0. The van der Waals surface area contributed by atoms with Crippen molar-refractivity contribution < 1.29 is 4.21 Å². The standard InChI is InChI=1S/C26H28OS/c1-23-21(17-19-9-5-3-6-10-19)22(18-20-11-7-4-8-12-20)24(2,28(23)27)26(15-16-26)25(23)13-14-25/h3-12H,13-18H2,1-2H3. The Morgan fingerprint density at radius 2 is 1.04 bits per heavy atom. The normalized spacial score (nSPS) is 35.7. The van der Waals surface area contributed by atoms with Crippen molar-refractivity contribution in [2.45, 2.75) is 61.9 Å². The third-order valence-corrected chi connectivity index (χ3v) is 11.7. The lowest BCUT2D eigenvalue weighted by Crippen LogP contribution is -2.45. The molecule has 2 aromatic rings. The molecule has 6 rings (SSSR count). The molecule has 2 aliphatic heterocycles. The Morgan fingerprint density at radius 3 is 1.36 bits per heavy atom. The molecule has 0 radical (unpaired) electrons. The van der Waals surface area contributed by atoms with Crippen molar-refractivity contribution in [3.63, 3.8) is 0 Å². The highest BCUT2D eigenvalue weighted by Gasteiger charge is 2.89. The summed E-state index contributed by atoms with van der Waals surface area (Å²) in [5.41, 5.74) is 6.36. The predicted octanol–water partition coefficient (Wildman–Crippen LogP) is 5.62. The van der Waals surface area contributed by atoms with Crippen LogP contribution < -0.4 is 0 Å². The van der Waals surface area contributed by atoms with Crippen molar-refractivity contribution in [2.24, 2.45) is 10.8 Å². The van der Waals surface area contributed by atoms with E-state index in [1.54, 1.807) is 0 Å². The smallest absolute Gasteiger partial charge is 0.0716 e. The summed E-state index contributed by atoms with van der Waals surface area (Å²) < 4.78 is 13.9. The van der Waals surface area contributed by atoms with E-state index in [1.807, 2.05) is 0 Å². The zero-order chi connectivity index (χ0) is 19.2. The molecule has 2 bridgehead atoms. The topological polar surface area (TPSA) is 17.1 Å². The minimum atomic E-state index is -0.828. The van der Waals surface area contributed by atoms with Gasteiger partial charge in [-0.1, -0.05) is 60.7 Å². The van der Waals surface area contributed by atoms with Gasteiger partial charge in [-0.3, -0.25) is 4.21 Å². The molecule has 2 unspecified atom stereocenters. The molecule has 0 N–H and O–H groups in total. The van der Waals surface area contributed by atoms with E-state index in [9.17, 15) is 4.21 Å². The minimum absolute atomic E-state index is 0.141. The molecule has 2 saturated carbocycles. The molecule has 2 aromatic carbocycles. The van der Waals surface area contributed by atoms with Gasteiger partial charge in [0.15, 0.2) is 0 Å². The number of benzene rings is 2. The average molecular weight is 389 g/mol. The maximum absolute atomic E-state index is 14.2. The van der Waals surface area contributed by atoms with Gasteiger partial charge in [-0.2, -0.15) is 0 Å². The van der Waals surface area contributed by atoms with E-state index < -0.39 is 10.8 Å². The van der Waals surface area contributed by atoms with Crippen LogP contribution >= 0.6 is 0 Å². The Balaban J connectivity index is 1.56. The first-order valence-corrected chi connectivity index (χ1v) is 11.9. The van der Waals surface area contributed by atoms with E-state index in [2.05, 4.69) is 74.5 Å². The summed E-state index contributed by atoms with van der Waals surface area (Å²) in [6.45, 7) is 4.75. The highest BCUT2D eigenvalue weighted by atomic mass is 32.2. The molecule has 144 valence electrons. The van der Waals surface area contributed by atoms with Gasteiger partial charge in [-0.05, 0) is 85.5 Å². The van der Waals surface area contributed by atoms with Crippen LogP contribution in [0.25, 0.3) is 0 Å². The quantitative estimate of drug-likeness (QED) is 0.621. The SMILES string of the molecule is CC12C(Cc3ccccc3)=C(Cc3ccccc3)C(C)(S1=O)C1(CC1)C21CC1. The molecular weight excluding hydrogens is 360 g/mol. The summed E-state index contributed by atoms with van der Waals surface area (Å²) in [4.78, 5) is 0. The molecule has 28 heavy (non-hydrogen) atoms. The molecule has 1 saturated heterocycles. The molecule has 4 aliphatic rings. The molecular formula is C26H28OS. The lowest BCUT2D eigenvalue weighted by Gasteiger charge is -2.43. The van der Waals surface area contributed by atoms with Gasteiger partial charge >= 0.3 is 0 Å². The number of rotatable bonds is 4. The average Bonchev–Trinajstić information content (AvgIpc) is 3.61. The van der Waals surface area contributed by atoms with E-state index in [1.165, 1.54) is 48.0 Å². The van der Waals surface area contributed by atoms with Crippen LogP contribution in [0.5, 0.6) is 0 Å². The summed E-state index contributed by atoms with van der Waals surface area (Å²) in [7, 11) is -0.828. The largest absolute Gasteiger partial charge is 0.258 e. The van der Waals surface area contributed by atoms with Gasteiger partial charge in [0.2, 0.25) is 0 Å². The maximum Gasteiger partial charge on any atom is 0.0716 e. The molecule has 1 nitrogen and oxygen atoms in total. The van der Waals surface area contributed by atoms with Gasteiger partial charge in [0, 0.05) is 10.8 Å². The van der Waals surface area contributed by atoms with Crippen molar-refractivity contribution in [1.82, 2.24) is 0 Å². The summed E-state index contributed by atoms with van der Waals surface area (Å²) in [6, 6.07) is 21.7. The Morgan fingerprint density at radius 1 is 0.679 bits per heavy atom. The third kappa shape index (κ3) is 1.74. The molecule has 2 atom stereocenters. The van der Waals surface area contributed by atoms with Crippen molar-refractivity contribution in [1.29, 1.82) is 0 Å². The van der Waals surface area contributed by atoms with Gasteiger partial charge in [0.1, 0.15) is 0 Å². The first-order chi connectivity index (χ1) is 13.5. The monoisotopic (exact) mass is 388 g/mol. The van der Waals surface area contributed by atoms with E-state index in [0.29, 0.717) is 10.8 Å². The van der Waals surface area contributed by atoms with Crippen LogP contribution in [0.1, 0.15) is 50.7 Å². The third-order valence-electron chi connectivity index (χ3n) is 8.95. The van der Waals surface area contributed by atoms with E-state index in [-0.39, 0.29) is 9.49 Å². The van der Waals surface area contributed by atoms with Crippen LogP contribution in [0.15, 0.2) is 71.8 Å². The van der Waals surface area contributed by atoms with Gasteiger partial charge < -0.3 is 0 Å². The highest BCUT2D eigenvalue weighted by molar-refractivity contribution is 7.89. The van der Waals surface area contributed by atoms with Gasteiger partial charge in [-0.15, -0.1) is 0 Å². The highest BCUT2D eigenvalue weighted by Crippen LogP contribution is 2.89. The van der Waals surface area contributed by atoms with E-state index >= 15 is 0 Å². The first-order valence-electron chi connectivity index (χ1n) is 10.7. The predicted molar refractivity (Wildman–Crippen MR) is 116 cm³/mol. The Hall–Kier alpha value is -1.67. The summed E-state index contributed by atoms with van der Waals surface area (Å²) in [6.07, 6.45) is 7.03. The molecule has 3 fully saturated rings. The van der Waals surface area contributed by atoms with E-state index in [4.69, 9.17) is 0 Å². The molecule has 2 heteroatoms. The fourth-order valence-corrected chi connectivity index (χ4v) is 10.5. The second-order valence-electron chi connectivity index (χ2n) is 9.78. The van der Waals surface area contributed by atoms with Crippen molar-refractivity contribution >= 4 is 10.8 Å². The lowest BCUT2D eigenvalue weighted by atomic mass is 9.58. The summed E-state index contributed by atoms with van der Waals surface area (Å²) >= 11 is 0. The Kier molecular flexibility index (Phi) is 3.24. The van der Waals surface area contributed by atoms with Crippen molar-refractivity contribution in [2.75, 3.05) is 0 Å². The van der Waals surface area contributed by atoms with Crippen molar-refractivity contribution in [3.8, 4) is 0 Å². The van der Waals surface area contributed by atoms with E-state index in [0.717, 1.165) is 12.8 Å². The van der Waals surface area contributed by atoms with Crippen molar-refractivity contribution in [3.05, 3.63) is 82.9 Å². The zero-order valence-electron chi connectivity index (χ0n) is 16.8.